The maximum Gasteiger partial charge on any atom is 0.137 e. The molecule has 0 bridgehead atoms. The summed E-state index contributed by atoms with van der Waals surface area (Å²) >= 11 is 0. The molecule has 0 aliphatic carbocycles. The van der Waals surface area contributed by atoms with Gasteiger partial charge >= 0.3 is 0 Å². The van der Waals surface area contributed by atoms with E-state index < -0.39 is 0 Å². The molecule has 3 aromatic rings. The van der Waals surface area contributed by atoms with Crippen LogP contribution in [0.5, 0.6) is 0 Å². The van der Waals surface area contributed by atoms with E-state index in [9.17, 15) is 0 Å². The van der Waals surface area contributed by atoms with Gasteiger partial charge in [0.1, 0.15) is 5.65 Å². The lowest BCUT2D eigenvalue weighted by atomic mass is 10.3. The van der Waals surface area contributed by atoms with Crippen LogP contribution in [0.1, 0.15) is 5.69 Å². The highest BCUT2D eigenvalue weighted by Gasteiger charge is 2.17. The minimum atomic E-state index is 0.942. The minimum absolute atomic E-state index is 0.942. The van der Waals surface area contributed by atoms with Gasteiger partial charge in [-0.1, -0.05) is 6.07 Å². The largest absolute Gasteiger partial charge is 0.336 e. The lowest BCUT2D eigenvalue weighted by Crippen LogP contribution is -2.46. The van der Waals surface area contributed by atoms with Crippen LogP contribution < -0.4 is 0 Å². The third kappa shape index (κ3) is 3.43. The molecule has 1 aliphatic rings. The minimum Gasteiger partial charge on any atom is -0.336 e. The molecular formula is C17H22N6. The van der Waals surface area contributed by atoms with Crippen LogP contribution in [0.2, 0.25) is 0 Å². The number of aromatic nitrogens is 4. The van der Waals surface area contributed by atoms with E-state index in [1.807, 2.05) is 30.9 Å². The van der Waals surface area contributed by atoms with Gasteiger partial charge in [0, 0.05) is 70.6 Å². The Morgan fingerprint density at radius 3 is 2.61 bits per heavy atom. The Morgan fingerprint density at radius 1 is 0.957 bits per heavy atom. The van der Waals surface area contributed by atoms with Gasteiger partial charge in [-0.25, -0.2) is 9.97 Å². The first-order valence-electron chi connectivity index (χ1n) is 8.20. The molecule has 4 heterocycles. The first-order valence-corrected chi connectivity index (χ1v) is 8.20. The number of pyridine rings is 1. The summed E-state index contributed by atoms with van der Waals surface area (Å²) < 4.78 is 4.24. The van der Waals surface area contributed by atoms with E-state index in [4.69, 9.17) is 4.98 Å². The summed E-state index contributed by atoms with van der Waals surface area (Å²) in [5.74, 6) is 0. The average Bonchev–Trinajstić information content (AvgIpc) is 3.23. The highest BCUT2D eigenvalue weighted by molar-refractivity contribution is 5.39. The molecule has 0 amide bonds. The van der Waals surface area contributed by atoms with E-state index in [1.54, 1.807) is 0 Å². The van der Waals surface area contributed by atoms with Crippen LogP contribution in [0.15, 0.2) is 49.3 Å². The van der Waals surface area contributed by atoms with Crippen molar-refractivity contribution in [3.63, 3.8) is 0 Å². The van der Waals surface area contributed by atoms with Crippen molar-refractivity contribution in [3.8, 4) is 0 Å². The molecule has 0 spiro atoms. The average molecular weight is 310 g/mol. The molecule has 1 aliphatic heterocycles. The van der Waals surface area contributed by atoms with E-state index in [-0.39, 0.29) is 0 Å². The Labute approximate surface area is 136 Å². The van der Waals surface area contributed by atoms with Crippen LogP contribution in [-0.2, 0) is 13.1 Å². The molecule has 6 nitrogen and oxygen atoms in total. The lowest BCUT2D eigenvalue weighted by molar-refractivity contribution is 0.123. The predicted molar refractivity (Wildman–Crippen MR) is 89.1 cm³/mol. The van der Waals surface area contributed by atoms with Crippen molar-refractivity contribution in [3.05, 3.63) is 55.0 Å². The van der Waals surface area contributed by atoms with Crippen LogP contribution >= 0.6 is 0 Å². The van der Waals surface area contributed by atoms with Crippen LogP contribution in [0.25, 0.3) is 5.65 Å². The standard InChI is InChI=1S/C17H22N6/c1-2-5-23-14-16(19-17(23)3-1)13-21-10-7-20(8-11-21)9-12-22-6-4-18-15-22/h1-6,14-15H,7-13H2. The zero-order valence-electron chi connectivity index (χ0n) is 13.3. The highest BCUT2D eigenvalue weighted by Crippen LogP contribution is 2.10. The number of rotatable bonds is 5. The van der Waals surface area contributed by atoms with E-state index in [0.29, 0.717) is 0 Å². The van der Waals surface area contributed by atoms with Gasteiger partial charge in [0.25, 0.3) is 0 Å². The molecule has 0 atom stereocenters. The van der Waals surface area contributed by atoms with Gasteiger partial charge < -0.3 is 8.97 Å². The quantitative estimate of drug-likeness (QED) is 0.713. The Morgan fingerprint density at radius 2 is 1.83 bits per heavy atom. The Hall–Kier alpha value is -2.18. The first-order chi connectivity index (χ1) is 11.4. The van der Waals surface area contributed by atoms with Gasteiger partial charge in [-0.2, -0.15) is 0 Å². The van der Waals surface area contributed by atoms with Crippen LogP contribution in [0.4, 0.5) is 0 Å². The second-order valence-corrected chi connectivity index (χ2v) is 6.12. The molecule has 6 heteroatoms. The van der Waals surface area contributed by atoms with Gasteiger partial charge in [-0.15, -0.1) is 0 Å². The maximum atomic E-state index is 4.69. The smallest absolute Gasteiger partial charge is 0.137 e. The second kappa shape index (κ2) is 6.52. The summed E-state index contributed by atoms with van der Waals surface area (Å²) in [6, 6.07) is 6.13. The summed E-state index contributed by atoms with van der Waals surface area (Å²) in [6.07, 6.45) is 9.95. The molecule has 1 saturated heterocycles. The molecule has 4 rings (SSSR count). The SMILES string of the molecule is c1ccn2cc(CN3CCN(CCn4ccnc4)CC3)nc2c1. The lowest BCUT2D eigenvalue weighted by Gasteiger charge is -2.34. The van der Waals surface area contributed by atoms with Crippen molar-refractivity contribution in [2.45, 2.75) is 13.1 Å². The van der Waals surface area contributed by atoms with Gasteiger partial charge in [0.2, 0.25) is 0 Å². The van der Waals surface area contributed by atoms with Crippen molar-refractivity contribution < 1.29 is 0 Å². The fourth-order valence-corrected chi connectivity index (χ4v) is 3.14. The monoisotopic (exact) mass is 310 g/mol. The van der Waals surface area contributed by atoms with E-state index >= 15 is 0 Å². The van der Waals surface area contributed by atoms with Crippen molar-refractivity contribution in [2.24, 2.45) is 0 Å². The summed E-state index contributed by atoms with van der Waals surface area (Å²) in [5, 5.41) is 0. The molecule has 0 aromatic carbocycles. The third-order valence-corrected chi connectivity index (χ3v) is 4.50. The molecule has 0 radical (unpaired) electrons. The molecule has 120 valence electrons. The van der Waals surface area contributed by atoms with Crippen LogP contribution in [-0.4, -0.2) is 61.5 Å². The first kappa shape index (κ1) is 14.4. The third-order valence-electron chi connectivity index (χ3n) is 4.50. The van der Waals surface area contributed by atoms with Gasteiger partial charge in [0.05, 0.1) is 12.0 Å². The van der Waals surface area contributed by atoms with Crippen LogP contribution in [0.3, 0.4) is 0 Å². The van der Waals surface area contributed by atoms with Gasteiger partial charge in [0.15, 0.2) is 0 Å². The fourth-order valence-electron chi connectivity index (χ4n) is 3.14. The summed E-state index contributed by atoms with van der Waals surface area (Å²) in [4.78, 5) is 13.8. The number of hydrogen-bond acceptors (Lipinski definition) is 4. The summed E-state index contributed by atoms with van der Waals surface area (Å²) in [7, 11) is 0. The fraction of sp³-hybridized carbons (Fsp3) is 0.412. The molecule has 0 unspecified atom stereocenters. The Balaban J connectivity index is 1.27. The van der Waals surface area contributed by atoms with E-state index in [1.165, 1.54) is 0 Å². The maximum absolute atomic E-state index is 4.69. The zero-order chi connectivity index (χ0) is 15.5. The molecular weight excluding hydrogens is 288 g/mol. The number of hydrogen-bond donors (Lipinski definition) is 0. The van der Waals surface area contributed by atoms with Crippen LogP contribution in [0, 0.1) is 0 Å². The molecule has 1 fully saturated rings. The Kier molecular flexibility index (Phi) is 4.08. The molecule has 0 saturated carbocycles. The topological polar surface area (TPSA) is 41.6 Å². The van der Waals surface area contributed by atoms with Crippen molar-refractivity contribution in [2.75, 3.05) is 32.7 Å². The van der Waals surface area contributed by atoms with Gasteiger partial charge in [-0.3, -0.25) is 9.80 Å². The number of nitrogens with zero attached hydrogens (tertiary/aromatic N) is 6. The van der Waals surface area contributed by atoms with Crippen molar-refractivity contribution in [1.29, 1.82) is 0 Å². The Bertz CT molecular complexity index is 706. The number of fused-ring (bicyclic) bond motifs is 1. The molecule has 23 heavy (non-hydrogen) atoms. The molecule has 0 N–H and O–H groups in total. The predicted octanol–water partition coefficient (Wildman–Crippen LogP) is 1.35. The normalized spacial score (nSPS) is 17.0. The van der Waals surface area contributed by atoms with Crippen molar-refractivity contribution >= 4 is 5.65 Å². The number of imidazole rings is 2. The molecule has 3 aromatic heterocycles. The van der Waals surface area contributed by atoms with Gasteiger partial charge in [-0.05, 0) is 12.1 Å². The number of piperazine rings is 1. The van der Waals surface area contributed by atoms with E-state index in [2.05, 4.69) is 42.2 Å². The van der Waals surface area contributed by atoms with Crippen molar-refractivity contribution in [1.82, 2.24) is 28.7 Å². The zero-order valence-corrected chi connectivity index (χ0v) is 13.3. The van der Waals surface area contributed by atoms with E-state index in [0.717, 1.165) is 57.2 Å². The second-order valence-electron chi connectivity index (χ2n) is 6.12. The highest BCUT2D eigenvalue weighted by atomic mass is 15.3. The summed E-state index contributed by atoms with van der Waals surface area (Å²) in [5.41, 5.74) is 2.18. The summed E-state index contributed by atoms with van der Waals surface area (Å²) in [6.45, 7) is 7.53.